The van der Waals surface area contributed by atoms with E-state index in [-0.39, 0.29) is 10.9 Å². The van der Waals surface area contributed by atoms with Gasteiger partial charge in [0.25, 0.3) is 0 Å². The summed E-state index contributed by atoms with van der Waals surface area (Å²) >= 11 is 1.82. The highest BCUT2D eigenvalue weighted by molar-refractivity contribution is 7.99. The molecule has 1 aliphatic carbocycles. The molecule has 0 bridgehead atoms. The maximum Gasteiger partial charge on any atom is 0.240 e. The molecule has 0 aliphatic heterocycles. The summed E-state index contributed by atoms with van der Waals surface area (Å²) in [4.78, 5) is 0.273. The Morgan fingerprint density at radius 2 is 2.00 bits per heavy atom. The molecule has 0 aromatic heterocycles. The third-order valence-electron chi connectivity index (χ3n) is 4.27. The molecule has 0 spiro atoms. The zero-order valence-electron chi connectivity index (χ0n) is 12.8. The van der Waals surface area contributed by atoms with Gasteiger partial charge in [0.2, 0.25) is 10.0 Å². The maximum absolute atomic E-state index is 12.5. The van der Waals surface area contributed by atoms with Crippen LogP contribution in [0.3, 0.4) is 0 Å². The van der Waals surface area contributed by atoms with Crippen LogP contribution in [-0.4, -0.2) is 26.0 Å². The van der Waals surface area contributed by atoms with E-state index < -0.39 is 10.0 Å². The van der Waals surface area contributed by atoms with Crippen molar-refractivity contribution in [3.05, 3.63) is 23.3 Å². The fourth-order valence-electron chi connectivity index (χ4n) is 2.76. The molecule has 2 atom stereocenters. The molecule has 1 fully saturated rings. The van der Waals surface area contributed by atoms with Gasteiger partial charge in [-0.1, -0.05) is 6.42 Å². The first kappa shape index (κ1) is 16.6. The van der Waals surface area contributed by atoms with Gasteiger partial charge in [-0.05, 0) is 62.6 Å². The van der Waals surface area contributed by atoms with Crippen LogP contribution in [0, 0.1) is 13.8 Å². The van der Waals surface area contributed by atoms with Gasteiger partial charge in [-0.2, -0.15) is 11.8 Å². The normalized spacial score (nSPS) is 23.2. The first-order chi connectivity index (χ1) is 9.83. The van der Waals surface area contributed by atoms with Crippen LogP contribution in [0.25, 0.3) is 0 Å². The molecule has 3 N–H and O–H groups in total. The fraction of sp³-hybridized carbons (Fsp3) is 0.600. The summed E-state index contributed by atoms with van der Waals surface area (Å²) in [6, 6.07) is 3.28. The second kappa shape index (κ2) is 6.58. The number of nitrogens with two attached hydrogens (primary N) is 1. The van der Waals surface area contributed by atoms with Crippen LogP contribution in [0.5, 0.6) is 0 Å². The molecular weight excluding hydrogens is 304 g/mol. The summed E-state index contributed by atoms with van der Waals surface area (Å²) in [5.41, 5.74) is 8.27. The van der Waals surface area contributed by atoms with Crippen LogP contribution in [0.2, 0.25) is 0 Å². The highest BCUT2D eigenvalue weighted by Gasteiger charge is 2.26. The molecule has 21 heavy (non-hydrogen) atoms. The number of aryl methyl sites for hydroxylation is 1. The average Bonchev–Trinajstić information content (AvgIpc) is 2.44. The van der Waals surface area contributed by atoms with Crippen LogP contribution in [0.1, 0.15) is 36.8 Å². The van der Waals surface area contributed by atoms with Crippen LogP contribution in [0.4, 0.5) is 5.69 Å². The summed E-state index contributed by atoms with van der Waals surface area (Å²) in [5.74, 6) is 0. The number of rotatable bonds is 4. The van der Waals surface area contributed by atoms with E-state index in [4.69, 9.17) is 5.73 Å². The zero-order chi connectivity index (χ0) is 15.6. The summed E-state index contributed by atoms with van der Waals surface area (Å²) in [7, 11) is -3.49. The van der Waals surface area contributed by atoms with Gasteiger partial charge in [0.15, 0.2) is 0 Å². The lowest BCUT2D eigenvalue weighted by molar-refractivity contribution is 0.421. The van der Waals surface area contributed by atoms with Gasteiger partial charge >= 0.3 is 0 Å². The quantitative estimate of drug-likeness (QED) is 0.834. The Labute approximate surface area is 131 Å². The minimum absolute atomic E-state index is 0.0315. The van der Waals surface area contributed by atoms with Crippen molar-refractivity contribution < 1.29 is 8.42 Å². The van der Waals surface area contributed by atoms with E-state index in [0.29, 0.717) is 10.9 Å². The molecule has 118 valence electrons. The van der Waals surface area contributed by atoms with Crippen molar-refractivity contribution in [2.24, 2.45) is 0 Å². The maximum atomic E-state index is 12.5. The molecule has 0 radical (unpaired) electrons. The van der Waals surface area contributed by atoms with Crippen molar-refractivity contribution in [1.29, 1.82) is 0 Å². The molecule has 2 rings (SSSR count). The second-order valence-corrected chi connectivity index (χ2v) is 8.65. The Bertz CT molecular complexity index is 591. The lowest BCUT2D eigenvalue weighted by Gasteiger charge is -2.28. The number of sulfonamides is 1. The van der Waals surface area contributed by atoms with Crippen molar-refractivity contribution in [1.82, 2.24) is 4.72 Å². The van der Waals surface area contributed by atoms with Gasteiger partial charge in [0, 0.05) is 17.0 Å². The van der Waals surface area contributed by atoms with Gasteiger partial charge in [-0.25, -0.2) is 13.1 Å². The number of hydrogen-bond acceptors (Lipinski definition) is 4. The second-order valence-electron chi connectivity index (χ2n) is 5.80. The number of benzene rings is 1. The molecule has 1 aliphatic rings. The SMILES string of the molecule is CSC1CCCC(NS(=O)(=O)c2cc(C)c(C)c(N)c2)C1. The highest BCUT2D eigenvalue weighted by Crippen LogP contribution is 2.28. The molecule has 1 saturated carbocycles. The Kier molecular flexibility index (Phi) is 5.22. The molecule has 2 unspecified atom stereocenters. The Morgan fingerprint density at radius 1 is 1.29 bits per heavy atom. The lowest BCUT2D eigenvalue weighted by atomic mass is 9.96. The van der Waals surface area contributed by atoms with E-state index in [1.54, 1.807) is 12.1 Å². The van der Waals surface area contributed by atoms with Gasteiger partial charge in [-0.15, -0.1) is 0 Å². The smallest absolute Gasteiger partial charge is 0.240 e. The van der Waals surface area contributed by atoms with E-state index in [1.165, 1.54) is 6.42 Å². The molecule has 4 nitrogen and oxygen atoms in total. The zero-order valence-corrected chi connectivity index (χ0v) is 14.5. The number of hydrogen-bond donors (Lipinski definition) is 2. The monoisotopic (exact) mass is 328 g/mol. The molecule has 0 amide bonds. The molecular formula is C15H24N2O2S2. The van der Waals surface area contributed by atoms with Crippen LogP contribution < -0.4 is 10.5 Å². The average molecular weight is 329 g/mol. The van der Waals surface area contributed by atoms with E-state index in [2.05, 4.69) is 11.0 Å². The summed E-state index contributed by atoms with van der Waals surface area (Å²) in [6.07, 6.45) is 6.16. The van der Waals surface area contributed by atoms with Crippen molar-refractivity contribution in [3.63, 3.8) is 0 Å². The van der Waals surface area contributed by atoms with E-state index in [9.17, 15) is 8.42 Å². The number of nitrogens with one attached hydrogen (secondary N) is 1. The van der Waals surface area contributed by atoms with Crippen LogP contribution in [-0.2, 0) is 10.0 Å². The molecule has 0 heterocycles. The Balaban J connectivity index is 2.18. The first-order valence-electron chi connectivity index (χ1n) is 7.25. The molecule has 1 aromatic carbocycles. The van der Waals surface area contributed by atoms with Crippen molar-refractivity contribution >= 4 is 27.5 Å². The Hall–Kier alpha value is -0.720. The molecule has 0 saturated heterocycles. The number of anilines is 1. The van der Waals surface area contributed by atoms with Crippen molar-refractivity contribution in [3.8, 4) is 0 Å². The summed E-state index contributed by atoms with van der Waals surface area (Å²) < 4.78 is 27.9. The highest BCUT2D eigenvalue weighted by atomic mass is 32.2. The number of thioether (sulfide) groups is 1. The number of nitrogen functional groups attached to an aromatic ring is 1. The van der Waals surface area contributed by atoms with E-state index in [0.717, 1.165) is 30.4 Å². The third kappa shape index (κ3) is 3.93. The lowest BCUT2D eigenvalue weighted by Crippen LogP contribution is -2.39. The van der Waals surface area contributed by atoms with Crippen LogP contribution >= 0.6 is 11.8 Å². The molecule has 6 heteroatoms. The largest absolute Gasteiger partial charge is 0.398 e. The predicted molar refractivity (Wildman–Crippen MR) is 90.2 cm³/mol. The summed E-state index contributed by atoms with van der Waals surface area (Å²) in [6.45, 7) is 3.79. The summed E-state index contributed by atoms with van der Waals surface area (Å²) in [5, 5.41) is 0.552. The third-order valence-corrected chi connectivity index (χ3v) is 6.87. The Morgan fingerprint density at radius 3 is 2.62 bits per heavy atom. The fourth-order valence-corrected chi connectivity index (χ4v) is 4.99. The van der Waals surface area contributed by atoms with Crippen molar-refractivity contribution in [2.75, 3.05) is 12.0 Å². The van der Waals surface area contributed by atoms with Crippen molar-refractivity contribution in [2.45, 2.75) is 55.7 Å². The predicted octanol–water partition coefficient (Wildman–Crippen LogP) is 2.84. The van der Waals surface area contributed by atoms with Crippen LogP contribution in [0.15, 0.2) is 17.0 Å². The first-order valence-corrected chi connectivity index (χ1v) is 10.0. The van der Waals surface area contributed by atoms with Gasteiger partial charge in [-0.3, -0.25) is 0 Å². The van der Waals surface area contributed by atoms with E-state index >= 15 is 0 Å². The topological polar surface area (TPSA) is 72.2 Å². The minimum Gasteiger partial charge on any atom is -0.398 e. The van der Waals surface area contributed by atoms with Gasteiger partial charge in [0.05, 0.1) is 4.90 Å². The molecule has 1 aromatic rings. The van der Waals surface area contributed by atoms with E-state index in [1.807, 2.05) is 25.6 Å². The standard InChI is InChI=1S/C15H24N2O2S2/c1-10-7-14(9-15(16)11(10)2)21(18,19)17-12-5-4-6-13(8-12)20-3/h7,9,12-13,17H,4-6,8,16H2,1-3H3. The minimum atomic E-state index is -3.49. The van der Waals surface area contributed by atoms with Gasteiger partial charge in [0.1, 0.15) is 0 Å². The van der Waals surface area contributed by atoms with Gasteiger partial charge < -0.3 is 5.73 Å².